The molecule has 1 N–H and O–H groups in total. The van der Waals surface area contributed by atoms with Gasteiger partial charge in [0.25, 0.3) is 6.43 Å². The maximum atomic E-state index is 12.8. The molecule has 1 nitrogen and oxygen atoms in total. The first-order chi connectivity index (χ1) is 6.02. The molecule has 0 aliphatic heterocycles. The summed E-state index contributed by atoms with van der Waals surface area (Å²) in [6.07, 6.45) is -4.79. The van der Waals surface area contributed by atoms with Gasteiger partial charge in [-0.2, -0.15) is 0 Å². The van der Waals surface area contributed by atoms with Crippen molar-refractivity contribution >= 4 is 0 Å². The lowest BCUT2D eigenvalue weighted by molar-refractivity contribution is -0.00593. The predicted octanol–water partition coefficient (Wildman–Crippen LogP) is 2.43. The van der Waals surface area contributed by atoms with Crippen LogP contribution in [0, 0.1) is 12.7 Å². The molecule has 1 aromatic rings. The molecule has 72 valence electrons. The minimum atomic E-state index is -2.89. The van der Waals surface area contributed by atoms with Crippen LogP contribution in [0.1, 0.15) is 17.2 Å². The molecule has 0 heterocycles. The molecule has 0 bridgehead atoms. The van der Waals surface area contributed by atoms with E-state index in [1.54, 1.807) is 0 Å². The second-order valence-corrected chi connectivity index (χ2v) is 2.79. The highest BCUT2D eigenvalue weighted by Gasteiger charge is 2.19. The van der Waals surface area contributed by atoms with Gasteiger partial charge in [-0.15, -0.1) is 0 Å². The van der Waals surface area contributed by atoms with Gasteiger partial charge in [-0.1, -0.05) is 12.1 Å². The van der Waals surface area contributed by atoms with Gasteiger partial charge < -0.3 is 5.11 Å². The van der Waals surface area contributed by atoms with Crippen LogP contribution in [0.15, 0.2) is 18.2 Å². The van der Waals surface area contributed by atoms with Gasteiger partial charge >= 0.3 is 0 Å². The molecule has 1 atom stereocenters. The van der Waals surface area contributed by atoms with Crippen molar-refractivity contribution in [3.8, 4) is 0 Å². The number of rotatable bonds is 2. The van der Waals surface area contributed by atoms with Crippen LogP contribution in [0.25, 0.3) is 0 Å². The van der Waals surface area contributed by atoms with Gasteiger partial charge in [-0.05, 0) is 24.1 Å². The van der Waals surface area contributed by atoms with Crippen molar-refractivity contribution < 1.29 is 18.3 Å². The molecule has 13 heavy (non-hydrogen) atoms. The van der Waals surface area contributed by atoms with E-state index in [0.717, 1.165) is 6.07 Å². The fourth-order valence-corrected chi connectivity index (χ4v) is 0.939. The van der Waals surface area contributed by atoms with Gasteiger partial charge in [-0.25, -0.2) is 13.2 Å². The molecule has 0 aliphatic carbocycles. The average molecular weight is 190 g/mol. The lowest BCUT2D eigenvalue weighted by Crippen LogP contribution is -2.08. The van der Waals surface area contributed by atoms with Crippen LogP contribution in [0.4, 0.5) is 13.2 Å². The highest BCUT2D eigenvalue weighted by atomic mass is 19.3. The normalized spacial score (nSPS) is 13.4. The third-order valence-corrected chi connectivity index (χ3v) is 1.78. The van der Waals surface area contributed by atoms with Crippen LogP contribution in [0.3, 0.4) is 0 Å². The molecule has 0 fully saturated rings. The Morgan fingerprint density at radius 1 is 1.31 bits per heavy atom. The summed E-state index contributed by atoms with van der Waals surface area (Å²) in [6.45, 7) is 1.52. The van der Waals surface area contributed by atoms with Crippen molar-refractivity contribution in [2.75, 3.05) is 0 Å². The molecular formula is C9H9F3O. The van der Waals surface area contributed by atoms with E-state index in [1.165, 1.54) is 19.1 Å². The fourth-order valence-electron chi connectivity index (χ4n) is 0.939. The summed E-state index contributed by atoms with van der Waals surface area (Å²) in [5.41, 5.74) is 0.267. The van der Waals surface area contributed by atoms with Crippen LogP contribution >= 0.6 is 0 Å². The van der Waals surface area contributed by atoms with Gasteiger partial charge in [-0.3, -0.25) is 0 Å². The molecule has 1 unspecified atom stereocenters. The zero-order valence-corrected chi connectivity index (χ0v) is 6.97. The maximum Gasteiger partial charge on any atom is 0.268 e. The Balaban J connectivity index is 2.97. The Bertz CT molecular complexity index is 299. The Morgan fingerprint density at radius 3 is 2.38 bits per heavy atom. The number of hydrogen-bond acceptors (Lipinski definition) is 1. The highest BCUT2D eigenvalue weighted by molar-refractivity contribution is 5.25. The van der Waals surface area contributed by atoms with Crippen molar-refractivity contribution in [1.82, 2.24) is 0 Å². The Kier molecular flexibility index (Phi) is 2.93. The van der Waals surface area contributed by atoms with E-state index in [2.05, 4.69) is 0 Å². The topological polar surface area (TPSA) is 20.2 Å². The summed E-state index contributed by atoms with van der Waals surface area (Å²) in [5.74, 6) is -0.586. The van der Waals surface area contributed by atoms with Crippen molar-refractivity contribution in [1.29, 1.82) is 0 Å². The second-order valence-electron chi connectivity index (χ2n) is 2.79. The number of halogens is 3. The molecular weight excluding hydrogens is 181 g/mol. The molecule has 0 saturated carbocycles. The average Bonchev–Trinajstić information content (AvgIpc) is 2.08. The van der Waals surface area contributed by atoms with Crippen molar-refractivity contribution in [2.24, 2.45) is 0 Å². The summed E-state index contributed by atoms with van der Waals surface area (Å²) >= 11 is 0. The summed E-state index contributed by atoms with van der Waals surface area (Å²) in [4.78, 5) is 0. The van der Waals surface area contributed by atoms with Crippen LogP contribution in [-0.2, 0) is 0 Å². The summed E-state index contributed by atoms with van der Waals surface area (Å²) < 4.78 is 36.8. The molecule has 1 aromatic carbocycles. The Morgan fingerprint density at radius 2 is 1.92 bits per heavy atom. The van der Waals surface area contributed by atoms with E-state index in [1.807, 2.05) is 0 Å². The molecule has 1 rings (SSSR count). The minimum absolute atomic E-state index is 0.0990. The van der Waals surface area contributed by atoms with E-state index >= 15 is 0 Å². The van der Waals surface area contributed by atoms with E-state index in [0.29, 0.717) is 5.56 Å². The van der Waals surface area contributed by atoms with E-state index in [4.69, 9.17) is 5.11 Å². The second kappa shape index (κ2) is 3.79. The largest absolute Gasteiger partial charge is 0.382 e. The molecule has 0 radical (unpaired) electrons. The zero-order valence-electron chi connectivity index (χ0n) is 6.97. The predicted molar refractivity (Wildman–Crippen MR) is 42.1 cm³/mol. The number of aliphatic hydroxyl groups excluding tert-OH is 1. The molecule has 0 aliphatic rings. The first kappa shape index (κ1) is 10.1. The SMILES string of the molecule is Cc1ccc(C(O)C(F)F)cc1F. The standard InChI is InChI=1S/C9H9F3O/c1-5-2-3-6(4-7(5)10)8(13)9(11)12/h2-4,8-9,13H,1H3. The molecule has 0 saturated heterocycles. The summed E-state index contributed by atoms with van der Waals surface area (Å²) in [6, 6.07) is 3.57. The van der Waals surface area contributed by atoms with Crippen LogP contribution < -0.4 is 0 Å². The van der Waals surface area contributed by atoms with Crippen molar-refractivity contribution in [2.45, 2.75) is 19.5 Å². The van der Waals surface area contributed by atoms with E-state index in [-0.39, 0.29) is 5.56 Å². The quantitative estimate of drug-likeness (QED) is 0.759. The number of benzene rings is 1. The smallest absolute Gasteiger partial charge is 0.268 e. The van der Waals surface area contributed by atoms with Crippen molar-refractivity contribution in [3.63, 3.8) is 0 Å². The lowest BCUT2D eigenvalue weighted by atomic mass is 10.1. The summed E-state index contributed by atoms with van der Waals surface area (Å²) in [5, 5.41) is 8.90. The third-order valence-electron chi connectivity index (χ3n) is 1.78. The highest BCUT2D eigenvalue weighted by Crippen LogP contribution is 2.21. The van der Waals surface area contributed by atoms with Gasteiger partial charge in [0.15, 0.2) is 0 Å². The monoisotopic (exact) mass is 190 g/mol. The number of hydrogen-bond donors (Lipinski definition) is 1. The van der Waals surface area contributed by atoms with Gasteiger partial charge in [0, 0.05) is 0 Å². The number of aliphatic hydroxyl groups is 1. The number of alkyl halides is 2. The number of aryl methyl sites for hydroxylation is 1. The molecule has 0 aromatic heterocycles. The van der Waals surface area contributed by atoms with E-state index in [9.17, 15) is 13.2 Å². The van der Waals surface area contributed by atoms with Gasteiger partial charge in [0.05, 0.1) is 0 Å². The summed E-state index contributed by atoms with van der Waals surface area (Å²) in [7, 11) is 0. The first-order valence-corrected chi connectivity index (χ1v) is 3.74. The van der Waals surface area contributed by atoms with Crippen LogP contribution in [0.2, 0.25) is 0 Å². The van der Waals surface area contributed by atoms with E-state index < -0.39 is 18.3 Å². The van der Waals surface area contributed by atoms with Gasteiger partial charge in [0.2, 0.25) is 0 Å². The van der Waals surface area contributed by atoms with Crippen LogP contribution in [0.5, 0.6) is 0 Å². The van der Waals surface area contributed by atoms with Gasteiger partial charge in [0.1, 0.15) is 11.9 Å². The lowest BCUT2D eigenvalue weighted by Gasteiger charge is -2.09. The Labute approximate surface area is 73.8 Å². The fraction of sp³-hybridized carbons (Fsp3) is 0.333. The molecule has 0 amide bonds. The molecule has 0 spiro atoms. The third kappa shape index (κ3) is 2.21. The molecule has 4 heteroatoms. The minimum Gasteiger partial charge on any atom is -0.382 e. The first-order valence-electron chi connectivity index (χ1n) is 3.74. The van der Waals surface area contributed by atoms with Crippen molar-refractivity contribution in [3.05, 3.63) is 35.1 Å². The Hall–Kier alpha value is -1.03. The maximum absolute atomic E-state index is 12.8. The zero-order chi connectivity index (χ0) is 10.0. The van der Waals surface area contributed by atoms with Crippen LogP contribution in [-0.4, -0.2) is 11.5 Å².